The summed E-state index contributed by atoms with van der Waals surface area (Å²) in [6.07, 6.45) is 4.53. The number of sulfonamides is 1. The molecule has 1 aliphatic carbocycles. The van der Waals surface area contributed by atoms with E-state index in [1.54, 1.807) is 24.3 Å². The smallest absolute Gasteiger partial charge is 0.266 e. The lowest BCUT2D eigenvalue weighted by molar-refractivity contribution is -0.125. The topological polar surface area (TPSA) is 89.0 Å². The van der Waals surface area contributed by atoms with Crippen molar-refractivity contribution in [2.75, 3.05) is 0 Å². The number of aromatic nitrogens is 2. The number of benzene rings is 2. The Morgan fingerprint density at radius 2 is 1.93 bits per heavy atom. The molecule has 1 aromatic heterocycles. The lowest BCUT2D eigenvalue weighted by Crippen LogP contribution is -2.45. The molecule has 1 N–H and O–H groups in total. The monoisotopic (exact) mass is 415 g/mol. The van der Waals surface area contributed by atoms with Crippen molar-refractivity contribution < 1.29 is 13.2 Å². The molecule has 2 aromatic carbocycles. The van der Waals surface area contributed by atoms with Crippen molar-refractivity contribution in [1.29, 1.82) is 0 Å². The molecule has 0 saturated carbocycles. The van der Waals surface area contributed by atoms with Crippen molar-refractivity contribution >= 4 is 38.6 Å². The molecule has 1 unspecified atom stereocenters. The fourth-order valence-corrected chi connectivity index (χ4v) is 5.44. The molecule has 1 amide bonds. The zero-order chi connectivity index (χ0) is 19.9. The first-order chi connectivity index (χ1) is 13.4. The number of halogens is 1. The second-order valence-corrected chi connectivity index (χ2v) is 8.87. The van der Waals surface area contributed by atoms with Gasteiger partial charge in [0.2, 0.25) is 5.91 Å². The summed E-state index contributed by atoms with van der Waals surface area (Å²) in [6.45, 7) is 1.88. The lowest BCUT2D eigenvalue weighted by Gasteiger charge is -2.27. The predicted octanol–water partition coefficient (Wildman–Crippen LogP) is 3.38. The molecular weight excluding hydrogens is 398 g/mol. The lowest BCUT2D eigenvalue weighted by atomic mass is 9.79. The Bertz CT molecular complexity index is 1190. The summed E-state index contributed by atoms with van der Waals surface area (Å²) in [5.74, 6) is -0.545. The number of hydrogen-bond acceptors (Lipinski definition) is 5. The van der Waals surface area contributed by atoms with Gasteiger partial charge in [-0.1, -0.05) is 36.7 Å². The maximum absolute atomic E-state index is 13.2. The van der Waals surface area contributed by atoms with Gasteiger partial charge in [0.1, 0.15) is 10.4 Å². The van der Waals surface area contributed by atoms with Gasteiger partial charge in [-0.25, -0.2) is 13.1 Å². The molecule has 1 aliphatic rings. The summed E-state index contributed by atoms with van der Waals surface area (Å²) in [4.78, 5) is 21.4. The van der Waals surface area contributed by atoms with Crippen LogP contribution in [0.5, 0.6) is 0 Å². The second kappa shape index (κ2) is 6.83. The van der Waals surface area contributed by atoms with E-state index in [0.29, 0.717) is 29.8 Å². The molecule has 144 valence electrons. The predicted molar refractivity (Wildman–Crippen MR) is 107 cm³/mol. The molecule has 28 heavy (non-hydrogen) atoms. The van der Waals surface area contributed by atoms with E-state index in [0.717, 1.165) is 11.1 Å². The van der Waals surface area contributed by atoms with Crippen molar-refractivity contribution in [3.8, 4) is 0 Å². The molecule has 6 nitrogen and oxygen atoms in total. The number of para-hydroxylation sites is 1. The normalized spacial score (nSPS) is 18.8. The summed E-state index contributed by atoms with van der Waals surface area (Å²) in [6, 6.07) is 10.1. The SMILES string of the molecule is CCC1(C(=O)NS(=O)(=O)c2cccc3nccnc23)CCc2c(Cl)cccc21. The van der Waals surface area contributed by atoms with Gasteiger partial charge in [0.05, 0.1) is 10.9 Å². The number of nitrogens with zero attached hydrogens (tertiary/aromatic N) is 2. The van der Waals surface area contributed by atoms with Gasteiger partial charge in [0, 0.05) is 17.4 Å². The van der Waals surface area contributed by atoms with Gasteiger partial charge in [-0.2, -0.15) is 0 Å². The maximum atomic E-state index is 13.2. The highest BCUT2D eigenvalue weighted by atomic mass is 35.5. The zero-order valence-electron chi connectivity index (χ0n) is 15.1. The second-order valence-electron chi connectivity index (χ2n) is 6.82. The van der Waals surface area contributed by atoms with Crippen LogP contribution in [0.2, 0.25) is 5.02 Å². The van der Waals surface area contributed by atoms with E-state index in [1.807, 2.05) is 13.0 Å². The highest BCUT2D eigenvalue weighted by Crippen LogP contribution is 2.44. The first-order valence-electron chi connectivity index (χ1n) is 8.94. The third-order valence-corrected chi connectivity index (χ3v) is 7.17. The van der Waals surface area contributed by atoms with E-state index in [9.17, 15) is 13.2 Å². The number of carbonyl (C=O) groups excluding carboxylic acids is 1. The van der Waals surface area contributed by atoms with Gasteiger partial charge >= 0.3 is 0 Å². The minimum absolute atomic E-state index is 0.0676. The van der Waals surface area contributed by atoms with Crippen LogP contribution < -0.4 is 4.72 Å². The minimum Gasteiger partial charge on any atom is -0.273 e. The Morgan fingerprint density at radius 1 is 1.18 bits per heavy atom. The van der Waals surface area contributed by atoms with E-state index >= 15 is 0 Å². The molecule has 0 aliphatic heterocycles. The van der Waals surface area contributed by atoms with Crippen LogP contribution in [0.25, 0.3) is 11.0 Å². The summed E-state index contributed by atoms with van der Waals surface area (Å²) < 4.78 is 28.3. The number of fused-ring (bicyclic) bond motifs is 2. The van der Waals surface area contributed by atoms with E-state index in [2.05, 4.69) is 14.7 Å². The number of nitrogens with one attached hydrogen (secondary N) is 1. The third-order valence-electron chi connectivity index (χ3n) is 5.45. The van der Waals surface area contributed by atoms with Crippen molar-refractivity contribution in [3.05, 3.63) is 64.9 Å². The molecule has 3 aromatic rings. The highest BCUT2D eigenvalue weighted by Gasteiger charge is 2.45. The maximum Gasteiger partial charge on any atom is 0.266 e. The van der Waals surface area contributed by atoms with Gasteiger partial charge < -0.3 is 0 Å². The first kappa shape index (κ1) is 18.8. The molecule has 0 saturated heterocycles. The largest absolute Gasteiger partial charge is 0.273 e. The van der Waals surface area contributed by atoms with Crippen LogP contribution in [0.3, 0.4) is 0 Å². The average molecular weight is 416 g/mol. The van der Waals surface area contributed by atoms with Crippen LogP contribution in [0.4, 0.5) is 0 Å². The van der Waals surface area contributed by atoms with Gasteiger partial charge in [-0.05, 0) is 48.6 Å². The Balaban J connectivity index is 1.75. The molecule has 0 fully saturated rings. The van der Waals surface area contributed by atoms with E-state index in [-0.39, 0.29) is 10.4 Å². The molecule has 1 atom stereocenters. The summed E-state index contributed by atoms with van der Waals surface area (Å²) in [5.41, 5.74) is 1.46. The van der Waals surface area contributed by atoms with E-state index < -0.39 is 21.3 Å². The Kier molecular flexibility index (Phi) is 4.59. The first-order valence-corrected chi connectivity index (χ1v) is 10.8. The summed E-state index contributed by atoms with van der Waals surface area (Å²) in [7, 11) is -4.12. The standard InChI is InChI=1S/C20H18ClN3O3S/c1-2-20(10-9-13-14(20)5-3-6-15(13)21)19(25)24-28(26,27)17-8-4-7-16-18(17)23-12-11-22-16/h3-8,11-12H,2,9-10H2,1H3,(H,24,25). The van der Waals surface area contributed by atoms with Crippen molar-refractivity contribution in [3.63, 3.8) is 0 Å². The molecular formula is C20H18ClN3O3S. The molecule has 1 heterocycles. The third kappa shape index (κ3) is 2.86. The highest BCUT2D eigenvalue weighted by molar-refractivity contribution is 7.90. The number of hydrogen-bond donors (Lipinski definition) is 1. The Labute approximate surface area is 168 Å². The van der Waals surface area contributed by atoms with E-state index in [4.69, 9.17) is 11.6 Å². The Hall–Kier alpha value is -2.51. The molecule has 0 bridgehead atoms. The van der Waals surface area contributed by atoms with Crippen LogP contribution in [-0.2, 0) is 26.7 Å². The van der Waals surface area contributed by atoms with Crippen LogP contribution >= 0.6 is 11.6 Å². The Morgan fingerprint density at radius 3 is 2.71 bits per heavy atom. The van der Waals surface area contributed by atoms with Crippen LogP contribution in [-0.4, -0.2) is 24.3 Å². The molecule has 0 radical (unpaired) electrons. The number of amides is 1. The quantitative estimate of drug-likeness (QED) is 0.705. The fourth-order valence-electron chi connectivity index (χ4n) is 3.96. The average Bonchev–Trinajstić information content (AvgIpc) is 3.08. The number of rotatable bonds is 4. The fraction of sp³-hybridized carbons (Fsp3) is 0.250. The van der Waals surface area contributed by atoms with Gasteiger partial charge in [0.15, 0.2) is 0 Å². The van der Waals surface area contributed by atoms with E-state index in [1.165, 1.54) is 18.5 Å². The summed E-state index contributed by atoms with van der Waals surface area (Å²) >= 11 is 6.29. The van der Waals surface area contributed by atoms with Crippen LogP contribution in [0.1, 0.15) is 30.9 Å². The molecule has 8 heteroatoms. The van der Waals surface area contributed by atoms with Crippen molar-refractivity contribution in [2.24, 2.45) is 0 Å². The summed E-state index contributed by atoms with van der Waals surface area (Å²) in [5, 5.41) is 0.604. The van der Waals surface area contributed by atoms with Crippen LogP contribution in [0, 0.1) is 0 Å². The number of carbonyl (C=O) groups is 1. The zero-order valence-corrected chi connectivity index (χ0v) is 16.7. The molecule has 4 rings (SSSR count). The van der Waals surface area contributed by atoms with Gasteiger partial charge in [-0.15, -0.1) is 0 Å². The van der Waals surface area contributed by atoms with Crippen molar-refractivity contribution in [1.82, 2.24) is 14.7 Å². The van der Waals surface area contributed by atoms with Crippen LogP contribution in [0.15, 0.2) is 53.7 Å². The van der Waals surface area contributed by atoms with Gasteiger partial charge in [-0.3, -0.25) is 14.8 Å². The van der Waals surface area contributed by atoms with Gasteiger partial charge in [0.25, 0.3) is 10.0 Å². The molecule has 0 spiro atoms. The minimum atomic E-state index is -4.12. The van der Waals surface area contributed by atoms with Crippen molar-refractivity contribution in [2.45, 2.75) is 36.5 Å².